The lowest BCUT2D eigenvalue weighted by molar-refractivity contribution is 0.600. The first kappa shape index (κ1) is 41.1. The molecule has 0 radical (unpaired) electrons. The maximum absolute atomic E-state index is 12.2. The number of H-pyrrole nitrogens is 1. The summed E-state index contributed by atoms with van der Waals surface area (Å²) in [7, 11) is -5.02. The molecule has 0 bridgehead atoms. The van der Waals surface area contributed by atoms with E-state index in [-0.39, 0.29) is 14.7 Å². The highest BCUT2D eigenvalue weighted by Crippen LogP contribution is 2.37. The van der Waals surface area contributed by atoms with Gasteiger partial charge in [-0.15, -0.1) is 0 Å². The molecule has 6 aromatic heterocycles. The molecule has 0 spiro atoms. The maximum atomic E-state index is 12.2. The second kappa shape index (κ2) is 16.5. The molecule has 16 nitrogen and oxygen atoms in total. The highest BCUT2D eigenvalue weighted by atomic mass is 32.2. The number of nitrogens with zero attached hydrogens (tertiary/aromatic N) is 7. The topological polar surface area (TPSA) is 227 Å². The summed E-state index contributed by atoms with van der Waals surface area (Å²) < 4.78 is 50.6. The molecule has 6 heterocycles. The van der Waals surface area contributed by atoms with Gasteiger partial charge in [-0.3, -0.25) is 34.7 Å². The van der Waals surface area contributed by atoms with Crippen LogP contribution in [0.4, 0.5) is 27.9 Å². The second-order valence-corrected chi connectivity index (χ2v) is 20.1. The van der Waals surface area contributed by atoms with Gasteiger partial charge in [-0.1, -0.05) is 34.8 Å². The van der Waals surface area contributed by atoms with E-state index in [4.69, 9.17) is 0 Å². The summed E-state index contributed by atoms with van der Waals surface area (Å²) in [6, 6.07) is 22.2. The molecule has 0 aliphatic rings. The number of hydrogen-bond donors (Lipinski definition) is 4. The maximum Gasteiger partial charge on any atom is 0.305 e. The van der Waals surface area contributed by atoms with Crippen LogP contribution in [0.5, 0.6) is 0 Å². The van der Waals surface area contributed by atoms with Gasteiger partial charge < -0.3 is 20.9 Å². The average molecular weight is 912 g/mol. The van der Waals surface area contributed by atoms with Crippen LogP contribution in [0.1, 0.15) is 0 Å². The van der Waals surface area contributed by atoms with Gasteiger partial charge in [0.2, 0.25) is 0 Å². The van der Waals surface area contributed by atoms with E-state index in [1.807, 2.05) is 61.6 Å². The number of nitrogens with one attached hydrogen (secondary N) is 4. The Bertz CT molecular complexity index is 3690. The summed E-state index contributed by atoms with van der Waals surface area (Å²) >= 11 is 2.74. The minimum atomic E-state index is -3.44. The zero-order valence-corrected chi connectivity index (χ0v) is 36.6. The third-order valence-corrected chi connectivity index (χ3v) is 13.9. The molecule has 0 atom stereocenters. The number of rotatable bonds is 9. The lowest BCUT2D eigenvalue weighted by Crippen LogP contribution is -2.03. The molecule has 10 rings (SSSR count). The lowest BCUT2D eigenvalue weighted by atomic mass is 10.0. The van der Waals surface area contributed by atoms with Crippen molar-refractivity contribution < 1.29 is 16.8 Å². The van der Waals surface area contributed by atoms with Gasteiger partial charge in [-0.2, -0.15) is 0 Å². The Balaban J connectivity index is 0.000000160. The SMILES string of the molecule is CNc1nc2cc(-c3cc(Nc4cnccc4S(C)(=O)=O)cc4nccnc34)ccc2s1.CS(=O)(=O)c1ccncc1Nc1cc(-c2ccc3sc(=O)[nH]c3c2)c2nccnc2c1. The van der Waals surface area contributed by atoms with Gasteiger partial charge in [0.25, 0.3) is 0 Å². The van der Waals surface area contributed by atoms with Gasteiger partial charge in [0.05, 0.1) is 76.1 Å². The minimum Gasteiger partial charge on any atom is -0.365 e. The molecular weight excluding hydrogens is 879 g/mol. The number of aromatic amines is 1. The van der Waals surface area contributed by atoms with E-state index < -0.39 is 19.7 Å². The standard InChI is InChI=1S/C22H18N6O2S2.C21H15N5O3S2/c1-23-22-28-16-9-13(3-4-19(16)31-22)15-10-14(11-17-21(15)26-8-7-25-17)27-18-12-24-6-5-20(18)32(2,29)30;1-31(28,29)19-4-5-22-11-17(19)25-13-9-14(20-16(10-13)23-6-7-24-20)12-2-3-18-15(8-12)26-21(27)30-18/h3-12,27H,1-2H3,(H,23,28);2-11,25H,1H3,(H,26,27). The van der Waals surface area contributed by atoms with Crippen LogP contribution in [0, 0.1) is 0 Å². The first-order valence-electron chi connectivity index (χ1n) is 18.8. The molecule has 0 aliphatic heterocycles. The Labute approximate surface area is 367 Å². The summed E-state index contributed by atoms with van der Waals surface area (Å²) in [6.45, 7) is 0. The van der Waals surface area contributed by atoms with Crippen LogP contribution in [0.3, 0.4) is 0 Å². The van der Waals surface area contributed by atoms with Crippen molar-refractivity contribution in [2.24, 2.45) is 0 Å². The van der Waals surface area contributed by atoms with Gasteiger partial charge >= 0.3 is 4.87 Å². The molecule has 4 aromatic carbocycles. The molecular formula is C43H33N11O5S4. The normalized spacial score (nSPS) is 11.7. The third kappa shape index (κ3) is 8.64. The van der Waals surface area contributed by atoms with Gasteiger partial charge in [-0.05, 0) is 71.8 Å². The number of aromatic nitrogens is 8. The largest absolute Gasteiger partial charge is 0.365 e. The highest BCUT2D eigenvalue weighted by molar-refractivity contribution is 7.91. The summed E-state index contributed by atoms with van der Waals surface area (Å²) in [5.41, 5.74) is 9.95. The fourth-order valence-corrected chi connectivity index (χ4v) is 10.1. The first-order chi connectivity index (χ1) is 30.3. The molecule has 0 unspecified atom stereocenters. The number of thiazole rings is 2. The number of hydrogen-bond acceptors (Lipinski definition) is 17. The molecule has 10 aromatic rings. The molecule has 314 valence electrons. The van der Waals surface area contributed by atoms with Crippen molar-refractivity contribution in [2.75, 3.05) is 35.5 Å². The van der Waals surface area contributed by atoms with Crippen molar-refractivity contribution in [2.45, 2.75) is 9.79 Å². The molecule has 0 amide bonds. The average Bonchev–Trinajstić information content (AvgIpc) is 3.87. The van der Waals surface area contributed by atoms with Crippen molar-refractivity contribution >= 4 is 113 Å². The zero-order chi connectivity index (χ0) is 43.9. The predicted octanol–water partition coefficient (Wildman–Crippen LogP) is 8.23. The molecule has 0 saturated heterocycles. The number of benzene rings is 4. The Morgan fingerprint density at radius 3 is 1.63 bits per heavy atom. The van der Waals surface area contributed by atoms with Crippen molar-refractivity contribution in [3.05, 3.63) is 132 Å². The smallest absolute Gasteiger partial charge is 0.305 e. The zero-order valence-electron chi connectivity index (χ0n) is 33.4. The fraction of sp³-hybridized carbons (Fsp3) is 0.0698. The molecule has 20 heteroatoms. The molecule has 63 heavy (non-hydrogen) atoms. The van der Waals surface area contributed by atoms with Crippen LogP contribution in [-0.4, -0.2) is 76.3 Å². The quantitative estimate of drug-likeness (QED) is 0.107. The van der Waals surface area contributed by atoms with Crippen molar-refractivity contribution in [1.82, 2.24) is 39.9 Å². The molecule has 0 fully saturated rings. The summed E-state index contributed by atoms with van der Waals surface area (Å²) in [5.74, 6) is 0. The highest BCUT2D eigenvalue weighted by Gasteiger charge is 2.18. The van der Waals surface area contributed by atoms with Gasteiger partial charge in [-0.25, -0.2) is 21.8 Å². The van der Waals surface area contributed by atoms with E-state index in [9.17, 15) is 21.6 Å². The van der Waals surface area contributed by atoms with Crippen LogP contribution in [0.25, 0.3) is 64.8 Å². The Kier molecular flexibility index (Phi) is 10.8. The van der Waals surface area contributed by atoms with Crippen LogP contribution in [0.15, 0.2) is 137 Å². The van der Waals surface area contributed by atoms with E-state index in [0.717, 1.165) is 70.9 Å². The van der Waals surface area contributed by atoms with Crippen molar-refractivity contribution in [3.8, 4) is 22.3 Å². The van der Waals surface area contributed by atoms with E-state index in [1.165, 1.54) is 43.2 Å². The van der Waals surface area contributed by atoms with E-state index in [0.29, 0.717) is 39.3 Å². The van der Waals surface area contributed by atoms with Crippen LogP contribution >= 0.6 is 22.7 Å². The second-order valence-electron chi connectivity index (χ2n) is 14.1. The number of pyridine rings is 2. The van der Waals surface area contributed by atoms with E-state index in [1.54, 1.807) is 42.2 Å². The molecule has 0 aliphatic carbocycles. The van der Waals surface area contributed by atoms with Gasteiger partial charge in [0.1, 0.15) is 0 Å². The Hall–Kier alpha value is -7.26. The monoisotopic (exact) mass is 911 g/mol. The van der Waals surface area contributed by atoms with E-state index in [2.05, 4.69) is 55.8 Å². The lowest BCUT2D eigenvalue weighted by Gasteiger charge is -2.13. The van der Waals surface area contributed by atoms with Crippen LogP contribution < -0.4 is 20.8 Å². The van der Waals surface area contributed by atoms with Crippen molar-refractivity contribution in [3.63, 3.8) is 0 Å². The summed E-state index contributed by atoms with van der Waals surface area (Å²) in [5, 5.41) is 10.3. The number of anilines is 5. The summed E-state index contributed by atoms with van der Waals surface area (Å²) in [6.07, 6.45) is 14.7. The third-order valence-electron chi connectivity index (χ3n) is 9.71. The predicted molar refractivity (Wildman–Crippen MR) is 250 cm³/mol. The molecule has 4 N–H and O–H groups in total. The first-order valence-corrected chi connectivity index (χ1v) is 24.3. The van der Waals surface area contributed by atoms with Crippen LogP contribution in [-0.2, 0) is 19.7 Å². The summed E-state index contributed by atoms with van der Waals surface area (Å²) in [4.78, 5) is 45.4. The Morgan fingerprint density at radius 2 is 1.10 bits per heavy atom. The number of fused-ring (bicyclic) bond motifs is 4. The van der Waals surface area contributed by atoms with Gasteiger partial charge in [0, 0.05) is 79.2 Å². The van der Waals surface area contributed by atoms with Crippen molar-refractivity contribution in [1.29, 1.82) is 0 Å². The van der Waals surface area contributed by atoms with Gasteiger partial charge in [0.15, 0.2) is 24.8 Å². The fourth-order valence-electron chi connectivity index (χ4n) is 6.96. The van der Waals surface area contributed by atoms with Crippen LogP contribution in [0.2, 0.25) is 0 Å². The van der Waals surface area contributed by atoms with E-state index >= 15 is 0 Å². The molecule has 0 saturated carbocycles. The minimum absolute atomic E-state index is 0.114. The Morgan fingerprint density at radius 1 is 0.571 bits per heavy atom. The number of sulfone groups is 2.